The molecule has 2 rings (SSSR count). The number of nitrogens with one attached hydrogen (secondary N) is 1. The van der Waals surface area contributed by atoms with Gasteiger partial charge in [0.25, 0.3) is 0 Å². The average molecular weight is 260 g/mol. The van der Waals surface area contributed by atoms with E-state index in [1.807, 2.05) is 0 Å². The van der Waals surface area contributed by atoms with Gasteiger partial charge >= 0.3 is 6.18 Å². The van der Waals surface area contributed by atoms with E-state index in [4.69, 9.17) is 12.2 Å². The number of nitrogens with zero attached hydrogens (tertiary/aromatic N) is 3. The van der Waals surface area contributed by atoms with Crippen molar-refractivity contribution in [2.75, 3.05) is 0 Å². The van der Waals surface area contributed by atoms with E-state index in [1.54, 1.807) is 6.92 Å². The summed E-state index contributed by atoms with van der Waals surface area (Å²) in [6, 6.07) is 2.39. The van der Waals surface area contributed by atoms with Crippen molar-refractivity contribution in [3.05, 3.63) is 34.5 Å². The van der Waals surface area contributed by atoms with Gasteiger partial charge in [-0.1, -0.05) is 12.2 Å². The van der Waals surface area contributed by atoms with Crippen LogP contribution in [-0.2, 0) is 6.18 Å². The van der Waals surface area contributed by atoms with Gasteiger partial charge in [0.05, 0.1) is 0 Å². The molecule has 0 unspecified atom stereocenters. The molecule has 4 nitrogen and oxygen atoms in total. The molecule has 0 saturated carbocycles. The molecule has 0 amide bonds. The van der Waals surface area contributed by atoms with E-state index >= 15 is 0 Å². The molecule has 0 aliphatic carbocycles. The number of rotatable bonds is 1. The lowest BCUT2D eigenvalue weighted by molar-refractivity contribution is -0.141. The summed E-state index contributed by atoms with van der Waals surface area (Å²) in [5, 5.41) is 2.16. The first-order valence-electron chi connectivity index (χ1n) is 4.56. The number of alkyl halides is 3. The van der Waals surface area contributed by atoms with Crippen molar-refractivity contribution < 1.29 is 13.2 Å². The Morgan fingerprint density at radius 2 is 2.00 bits per heavy atom. The van der Waals surface area contributed by atoms with Crippen molar-refractivity contribution in [2.45, 2.75) is 13.1 Å². The minimum absolute atomic E-state index is 0.00965. The summed E-state index contributed by atoms with van der Waals surface area (Å²) in [6.45, 7) is 1.71. The van der Waals surface area contributed by atoms with Crippen molar-refractivity contribution in [3.63, 3.8) is 0 Å². The fourth-order valence-corrected chi connectivity index (χ4v) is 1.53. The summed E-state index contributed by atoms with van der Waals surface area (Å²) >= 11 is 4.84. The molecule has 0 aliphatic rings. The zero-order chi connectivity index (χ0) is 12.6. The van der Waals surface area contributed by atoms with Gasteiger partial charge in [-0.15, -0.1) is 0 Å². The van der Waals surface area contributed by atoms with Gasteiger partial charge in [-0.05, 0) is 6.92 Å². The lowest BCUT2D eigenvalue weighted by Crippen LogP contribution is -2.08. The highest BCUT2D eigenvalue weighted by Gasteiger charge is 2.33. The standard InChI is InChI=1S/C9H7F3N4S/c1-5-2-7(14-4-13-5)16-8(17)3-6(15-16)9(10,11)12/h2-4,15H,1H3. The maximum atomic E-state index is 12.5. The van der Waals surface area contributed by atoms with E-state index in [9.17, 15) is 13.2 Å². The fourth-order valence-electron chi connectivity index (χ4n) is 1.27. The normalized spacial score (nSPS) is 11.8. The monoisotopic (exact) mass is 260 g/mol. The first-order valence-corrected chi connectivity index (χ1v) is 4.97. The third kappa shape index (κ3) is 2.36. The van der Waals surface area contributed by atoms with Crippen LogP contribution >= 0.6 is 12.2 Å². The van der Waals surface area contributed by atoms with Crippen LogP contribution in [0.5, 0.6) is 0 Å². The summed E-state index contributed by atoms with van der Waals surface area (Å²) in [5.41, 5.74) is -0.265. The van der Waals surface area contributed by atoms with Gasteiger partial charge in [-0.2, -0.15) is 13.2 Å². The number of aromatic nitrogens is 4. The summed E-state index contributed by atoms with van der Waals surface area (Å²) in [7, 11) is 0. The van der Waals surface area contributed by atoms with E-state index in [1.165, 1.54) is 12.4 Å². The van der Waals surface area contributed by atoms with Crippen LogP contribution in [0.3, 0.4) is 0 Å². The molecule has 0 aliphatic heterocycles. The van der Waals surface area contributed by atoms with E-state index in [2.05, 4.69) is 15.1 Å². The Bertz CT molecular complexity index is 599. The van der Waals surface area contributed by atoms with Crippen LogP contribution in [0.25, 0.3) is 5.82 Å². The van der Waals surface area contributed by atoms with Crippen LogP contribution in [0.4, 0.5) is 13.2 Å². The molecular formula is C9H7F3N4S. The summed E-state index contributed by atoms with van der Waals surface area (Å²) < 4.78 is 38.5. The minimum Gasteiger partial charge on any atom is -0.287 e. The predicted molar refractivity (Wildman–Crippen MR) is 56.3 cm³/mol. The van der Waals surface area contributed by atoms with Gasteiger partial charge in [0.2, 0.25) is 0 Å². The molecule has 0 atom stereocenters. The van der Waals surface area contributed by atoms with Crippen LogP contribution in [0.2, 0.25) is 0 Å². The molecule has 0 spiro atoms. The third-order valence-corrected chi connectivity index (χ3v) is 2.34. The quantitative estimate of drug-likeness (QED) is 0.802. The summed E-state index contributed by atoms with van der Waals surface area (Å²) in [5.74, 6) is 0.276. The first-order chi connectivity index (χ1) is 7.88. The highest BCUT2D eigenvalue weighted by atomic mass is 32.1. The minimum atomic E-state index is -4.46. The number of hydrogen-bond acceptors (Lipinski definition) is 3. The summed E-state index contributed by atoms with van der Waals surface area (Å²) in [6.07, 6.45) is -3.19. The molecule has 8 heteroatoms. The lowest BCUT2D eigenvalue weighted by Gasteiger charge is -2.04. The zero-order valence-corrected chi connectivity index (χ0v) is 9.43. The maximum absolute atomic E-state index is 12.5. The molecule has 17 heavy (non-hydrogen) atoms. The molecule has 0 aromatic carbocycles. The van der Waals surface area contributed by atoms with Crippen LogP contribution < -0.4 is 0 Å². The largest absolute Gasteiger partial charge is 0.432 e. The molecule has 2 aromatic heterocycles. The Hall–Kier alpha value is -1.70. The number of aromatic amines is 1. The summed E-state index contributed by atoms with van der Waals surface area (Å²) in [4.78, 5) is 7.71. The molecular weight excluding hydrogens is 253 g/mol. The Kier molecular flexibility index (Phi) is 2.74. The zero-order valence-electron chi connectivity index (χ0n) is 8.62. The van der Waals surface area contributed by atoms with E-state index in [-0.39, 0.29) is 10.5 Å². The maximum Gasteiger partial charge on any atom is 0.432 e. The van der Waals surface area contributed by atoms with Crippen molar-refractivity contribution in [1.29, 1.82) is 0 Å². The SMILES string of the molecule is Cc1cc(-n2[nH]c(C(F)(F)F)cc2=S)ncn1. The first kappa shape index (κ1) is 11.8. The highest BCUT2D eigenvalue weighted by molar-refractivity contribution is 7.71. The number of hydrogen-bond donors (Lipinski definition) is 1. The Morgan fingerprint density at radius 1 is 1.29 bits per heavy atom. The van der Waals surface area contributed by atoms with Gasteiger partial charge in [-0.3, -0.25) is 5.10 Å². The number of aryl methyl sites for hydroxylation is 1. The molecule has 0 bridgehead atoms. The Morgan fingerprint density at radius 3 is 2.53 bits per heavy atom. The topological polar surface area (TPSA) is 46.5 Å². The van der Waals surface area contributed by atoms with E-state index in [0.29, 0.717) is 5.69 Å². The van der Waals surface area contributed by atoms with Gasteiger partial charge in [-0.25, -0.2) is 14.6 Å². The van der Waals surface area contributed by atoms with Crippen LogP contribution in [0, 0.1) is 11.6 Å². The van der Waals surface area contributed by atoms with Crippen molar-refractivity contribution in [2.24, 2.45) is 0 Å². The van der Waals surface area contributed by atoms with Crippen molar-refractivity contribution in [1.82, 2.24) is 19.7 Å². The molecule has 0 fully saturated rings. The Labute approximate surface area is 99.1 Å². The van der Waals surface area contributed by atoms with Crippen LogP contribution in [0.15, 0.2) is 18.5 Å². The smallest absolute Gasteiger partial charge is 0.287 e. The van der Waals surface area contributed by atoms with Gasteiger partial charge in [0.1, 0.15) is 16.7 Å². The van der Waals surface area contributed by atoms with E-state index in [0.717, 1.165) is 10.7 Å². The van der Waals surface area contributed by atoms with Crippen molar-refractivity contribution in [3.8, 4) is 5.82 Å². The average Bonchev–Trinajstić information content (AvgIpc) is 2.60. The second-order valence-electron chi connectivity index (χ2n) is 3.36. The number of halogens is 3. The van der Waals surface area contributed by atoms with Crippen LogP contribution in [-0.4, -0.2) is 19.7 Å². The molecule has 90 valence electrons. The van der Waals surface area contributed by atoms with Gasteiger partial charge < -0.3 is 0 Å². The highest BCUT2D eigenvalue weighted by Crippen LogP contribution is 2.28. The Balaban J connectivity index is 2.54. The van der Waals surface area contributed by atoms with Gasteiger partial charge in [0.15, 0.2) is 5.82 Å². The second kappa shape index (κ2) is 3.95. The molecule has 1 N–H and O–H groups in total. The van der Waals surface area contributed by atoms with Crippen LogP contribution in [0.1, 0.15) is 11.4 Å². The number of H-pyrrole nitrogens is 1. The third-order valence-electron chi connectivity index (χ3n) is 2.04. The molecule has 0 radical (unpaired) electrons. The molecule has 0 saturated heterocycles. The van der Waals surface area contributed by atoms with E-state index < -0.39 is 11.9 Å². The lowest BCUT2D eigenvalue weighted by atomic mass is 10.4. The predicted octanol–water partition coefficient (Wildman–Crippen LogP) is 2.65. The van der Waals surface area contributed by atoms with Gasteiger partial charge in [0, 0.05) is 17.8 Å². The van der Waals surface area contributed by atoms with Crippen molar-refractivity contribution >= 4 is 12.2 Å². The molecule has 2 aromatic rings. The fraction of sp³-hybridized carbons (Fsp3) is 0.222. The second-order valence-corrected chi connectivity index (χ2v) is 3.78. The molecule has 2 heterocycles.